The summed E-state index contributed by atoms with van der Waals surface area (Å²) in [5.41, 5.74) is 2.79. The molecule has 7 atom stereocenters. The molecule has 0 fully saturated rings. The van der Waals surface area contributed by atoms with Crippen LogP contribution in [0.2, 0.25) is 0 Å². The van der Waals surface area contributed by atoms with Gasteiger partial charge >= 0.3 is 61.6 Å². The maximum Gasteiger partial charge on any atom is 2.00 e. The third kappa shape index (κ3) is 10.9. The Kier molecular flexibility index (Phi) is 19.3. The Balaban J connectivity index is 0.00000130. The van der Waals surface area contributed by atoms with Gasteiger partial charge in [0.25, 0.3) is 0 Å². The minimum Gasteiger partial charge on any atom is -0.499 e. The van der Waals surface area contributed by atoms with Gasteiger partial charge in [0.15, 0.2) is 0 Å². The van der Waals surface area contributed by atoms with Gasteiger partial charge in [0.2, 0.25) is 0 Å². The van der Waals surface area contributed by atoms with Gasteiger partial charge in [-0.05, 0) is 57.3 Å². The van der Waals surface area contributed by atoms with E-state index < -0.39 is 18.9 Å². The van der Waals surface area contributed by atoms with Crippen LogP contribution in [0.3, 0.4) is 0 Å². The molecular formula is C38H56O8PU+. The van der Waals surface area contributed by atoms with Gasteiger partial charge in [0.05, 0.1) is 19.1 Å². The van der Waals surface area contributed by atoms with Gasteiger partial charge in [-0.25, -0.2) is 14.5 Å². The fourth-order valence-electron chi connectivity index (χ4n) is 6.72. The van der Waals surface area contributed by atoms with Gasteiger partial charge in [-0.1, -0.05) is 70.4 Å². The summed E-state index contributed by atoms with van der Waals surface area (Å²) in [6.45, 7) is 24.1. The summed E-state index contributed by atoms with van der Waals surface area (Å²) in [4.78, 5) is 63.2. The Morgan fingerprint density at radius 1 is 0.979 bits per heavy atom. The van der Waals surface area contributed by atoms with Crippen LogP contribution in [0.15, 0.2) is 58.0 Å². The van der Waals surface area contributed by atoms with Crippen LogP contribution in [0.25, 0.3) is 0 Å². The zero-order chi connectivity index (χ0) is 35.5. The van der Waals surface area contributed by atoms with Crippen molar-refractivity contribution in [1.82, 2.24) is 0 Å². The molecule has 0 radical (unpaired) electrons. The molecule has 0 heterocycles. The second kappa shape index (κ2) is 20.9. The van der Waals surface area contributed by atoms with Crippen molar-refractivity contribution in [1.29, 1.82) is 0 Å². The third-order valence-electron chi connectivity index (χ3n) is 9.56. The quantitative estimate of drug-likeness (QED) is 0.0656. The Hall–Kier alpha value is -1.62. The van der Waals surface area contributed by atoms with Crippen molar-refractivity contribution in [3.63, 3.8) is 0 Å². The Labute approximate surface area is 313 Å². The van der Waals surface area contributed by atoms with Crippen molar-refractivity contribution in [2.45, 2.75) is 81.1 Å². The van der Waals surface area contributed by atoms with E-state index in [0.717, 1.165) is 16.7 Å². The molecule has 10 heteroatoms. The van der Waals surface area contributed by atoms with Crippen LogP contribution in [0.4, 0.5) is 0 Å². The predicted molar refractivity (Wildman–Crippen MR) is 188 cm³/mol. The number of rotatable bonds is 13. The molecule has 8 nitrogen and oxygen atoms in total. The first-order valence-corrected chi connectivity index (χ1v) is 18.6. The number of hydrogen-bond acceptors (Lipinski definition) is 8. The minimum atomic E-state index is -3.87. The summed E-state index contributed by atoms with van der Waals surface area (Å²) in [6, 6.07) is 0. The molecule has 3 aliphatic rings. The van der Waals surface area contributed by atoms with Gasteiger partial charge in [0, 0.05) is 30.8 Å². The SMILES string of the molecule is [CH2-]C1C(C)=CC(C)C(C(=O)[P+](O)(C(=O)C2=C(C)C=C(C)C(COCCOC(=O)CC)C2C)C2=CC=CCC2)C1C.[CH2-]COC(=O)CC.[U+2]. The van der Waals surface area contributed by atoms with Gasteiger partial charge < -0.3 is 28.1 Å². The molecule has 0 amide bonds. The minimum absolute atomic E-state index is 0. The molecule has 0 aliphatic heterocycles. The monoisotopic (exact) mass is 909 g/mol. The topological polar surface area (TPSA) is 116 Å². The van der Waals surface area contributed by atoms with Crippen LogP contribution in [-0.2, 0) is 33.4 Å². The molecule has 0 aromatic carbocycles. The van der Waals surface area contributed by atoms with E-state index in [9.17, 15) is 24.1 Å². The van der Waals surface area contributed by atoms with Crippen molar-refractivity contribution < 1.29 is 69.4 Å². The van der Waals surface area contributed by atoms with Crippen molar-refractivity contribution in [2.75, 3.05) is 26.4 Å². The van der Waals surface area contributed by atoms with E-state index in [2.05, 4.69) is 24.7 Å². The van der Waals surface area contributed by atoms with Crippen LogP contribution >= 0.6 is 7.49 Å². The molecule has 0 saturated heterocycles. The Morgan fingerprint density at radius 2 is 1.60 bits per heavy atom. The summed E-state index contributed by atoms with van der Waals surface area (Å²) < 4.78 is 15.4. The van der Waals surface area contributed by atoms with Crippen molar-refractivity contribution >= 4 is 30.5 Å². The fraction of sp³-hybridized carbons (Fsp3) is 0.579. The molecule has 0 bridgehead atoms. The molecule has 48 heavy (non-hydrogen) atoms. The molecule has 0 saturated carbocycles. The van der Waals surface area contributed by atoms with Crippen molar-refractivity contribution in [3.05, 3.63) is 71.8 Å². The summed E-state index contributed by atoms with van der Waals surface area (Å²) in [5, 5.41) is 0.570. The van der Waals surface area contributed by atoms with Crippen LogP contribution in [-0.4, -0.2) is 54.3 Å². The van der Waals surface area contributed by atoms with E-state index >= 15 is 0 Å². The van der Waals surface area contributed by atoms with Gasteiger partial charge in [-0.3, -0.25) is 9.59 Å². The maximum atomic E-state index is 14.6. The first-order chi connectivity index (χ1) is 22.2. The number of esters is 2. The molecule has 7 unspecified atom stereocenters. The van der Waals surface area contributed by atoms with E-state index in [1.165, 1.54) is 0 Å². The molecule has 3 aliphatic carbocycles. The molecule has 0 spiro atoms. The van der Waals surface area contributed by atoms with Crippen LogP contribution in [0.5, 0.6) is 0 Å². The number of ether oxygens (including phenoxy) is 3. The van der Waals surface area contributed by atoms with Crippen LogP contribution in [0.1, 0.15) is 81.1 Å². The Morgan fingerprint density at radius 3 is 2.15 bits per heavy atom. The van der Waals surface area contributed by atoms with Crippen LogP contribution < -0.4 is 0 Å². The van der Waals surface area contributed by atoms with Gasteiger partial charge in [0.1, 0.15) is 11.9 Å². The zero-order valence-electron chi connectivity index (χ0n) is 30.2. The third-order valence-corrected chi connectivity index (χ3v) is 12.5. The Bertz CT molecular complexity index is 1310. The largest absolute Gasteiger partial charge is 2.00 e. The second-order valence-corrected chi connectivity index (χ2v) is 15.5. The summed E-state index contributed by atoms with van der Waals surface area (Å²) >= 11 is 0. The standard InChI is InChI=1S/C33H47O6P.C5H9O2.U/c1-9-29(34)39-16-15-38-19-28-21(3)18-23(5)31(26(28)8)33(36)40(37,27-13-11-10-12-14-27)32(35)30-22(4)17-20(2)24(6)25(30)7;1-3-5(6)7-4-2;/h10-11,13,17-18,22,24-26,28,30,37H,6,9,12,14-16,19H2,1-5,7-8H3;2-4H2,1H3;/q;-1;+2. The summed E-state index contributed by atoms with van der Waals surface area (Å²) in [5.74, 6) is -1.52. The molecule has 0 aromatic heterocycles. The smallest absolute Gasteiger partial charge is 0.499 e. The summed E-state index contributed by atoms with van der Waals surface area (Å²) in [6.07, 6.45) is 11.6. The zero-order valence-corrected chi connectivity index (χ0v) is 35.2. The molecule has 264 valence electrons. The van der Waals surface area contributed by atoms with E-state index in [1.54, 1.807) is 19.9 Å². The van der Waals surface area contributed by atoms with Crippen LogP contribution in [0, 0.1) is 80.5 Å². The van der Waals surface area contributed by atoms with Crippen molar-refractivity contribution in [2.24, 2.45) is 35.5 Å². The normalized spacial score (nSPS) is 26.4. The average molecular weight is 910 g/mol. The number of allylic oxidation sites excluding steroid dienone is 9. The van der Waals surface area contributed by atoms with E-state index in [0.29, 0.717) is 43.2 Å². The summed E-state index contributed by atoms with van der Waals surface area (Å²) in [7, 11) is -3.87. The fourth-order valence-corrected chi connectivity index (χ4v) is 9.85. The first kappa shape index (κ1) is 44.4. The molecular weight excluding hydrogens is 853 g/mol. The van der Waals surface area contributed by atoms with Gasteiger partial charge in [-0.2, -0.15) is 0 Å². The number of carbonyl (C=O) groups is 4. The predicted octanol–water partition coefficient (Wildman–Crippen LogP) is 7.77. The average Bonchev–Trinajstić information content (AvgIpc) is 3.04. The van der Waals surface area contributed by atoms with Crippen molar-refractivity contribution in [3.8, 4) is 0 Å². The molecule has 3 rings (SSSR count). The van der Waals surface area contributed by atoms with Gasteiger partial charge in [-0.15, -0.1) is 11.5 Å². The maximum absolute atomic E-state index is 14.6. The second-order valence-electron chi connectivity index (χ2n) is 12.8. The first-order valence-electron chi connectivity index (χ1n) is 16.8. The molecule has 0 aromatic rings. The number of hydrogen-bond donors (Lipinski definition) is 1. The molecule has 1 N–H and O–H groups in total. The van der Waals surface area contributed by atoms with E-state index in [4.69, 9.17) is 9.47 Å². The number of carbonyl (C=O) groups excluding carboxylic acids is 4. The van der Waals surface area contributed by atoms with E-state index in [1.807, 2.05) is 59.8 Å². The van der Waals surface area contributed by atoms with E-state index in [-0.39, 0.29) is 98.0 Å².